The van der Waals surface area contributed by atoms with Crippen LogP contribution in [-0.4, -0.2) is 26.0 Å². The highest BCUT2D eigenvalue weighted by Gasteiger charge is 2.07. The van der Waals surface area contributed by atoms with Crippen molar-refractivity contribution in [2.45, 2.75) is 20.0 Å². The minimum absolute atomic E-state index is 0.133. The molecule has 0 aliphatic rings. The van der Waals surface area contributed by atoms with E-state index in [9.17, 15) is 4.79 Å². The topological polar surface area (TPSA) is 74.8 Å². The van der Waals surface area contributed by atoms with E-state index in [0.717, 1.165) is 18.1 Å². The number of carbonyl (C=O) groups excluding carboxylic acids is 1. The number of anilines is 1. The Kier molecular flexibility index (Phi) is 6.62. The maximum absolute atomic E-state index is 11.3. The normalized spacial score (nSPS) is 11.0. The van der Waals surface area contributed by atoms with Gasteiger partial charge in [-0.3, -0.25) is 9.79 Å². The molecule has 0 aliphatic heterocycles. The van der Waals surface area contributed by atoms with Gasteiger partial charge in [-0.25, -0.2) is 0 Å². The third-order valence-electron chi connectivity index (χ3n) is 3.27. The van der Waals surface area contributed by atoms with Crippen LogP contribution in [0.1, 0.15) is 17.4 Å². The first-order valence-corrected chi connectivity index (χ1v) is 8.41. The molecule has 2 rings (SSSR count). The van der Waals surface area contributed by atoms with E-state index < -0.39 is 0 Å². The van der Waals surface area contributed by atoms with Crippen LogP contribution in [0.15, 0.2) is 40.7 Å². The minimum Gasteiger partial charge on any atom is -0.495 e. The molecule has 0 spiro atoms. The zero-order valence-electron chi connectivity index (χ0n) is 14.1. The highest BCUT2D eigenvalue weighted by Crippen LogP contribution is 2.25. The van der Waals surface area contributed by atoms with Gasteiger partial charge in [-0.2, -0.15) is 0 Å². The lowest BCUT2D eigenvalue weighted by Crippen LogP contribution is -2.36. The van der Waals surface area contributed by atoms with Crippen LogP contribution in [0.5, 0.6) is 5.75 Å². The van der Waals surface area contributed by atoms with Gasteiger partial charge in [-0.15, -0.1) is 11.3 Å². The smallest absolute Gasteiger partial charge is 0.221 e. The van der Waals surface area contributed by atoms with Crippen LogP contribution in [0, 0.1) is 0 Å². The van der Waals surface area contributed by atoms with Gasteiger partial charge in [0.15, 0.2) is 5.96 Å². The standard InChI is InChI=1S/C17H22N4O2S/c1-12(22)21-15-9-13(6-7-16(15)23-3)10-19-17(18-2)20-11-14-5-4-8-24-14/h4-9H,10-11H2,1-3H3,(H,21,22)(H2,18,19,20). The Balaban J connectivity index is 1.95. The van der Waals surface area contributed by atoms with Gasteiger partial charge in [-0.1, -0.05) is 12.1 Å². The second kappa shape index (κ2) is 8.93. The predicted octanol–water partition coefficient (Wildman–Crippen LogP) is 2.58. The lowest BCUT2D eigenvalue weighted by atomic mass is 10.2. The number of thiophene rings is 1. The van der Waals surface area contributed by atoms with Crippen LogP contribution < -0.4 is 20.7 Å². The Morgan fingerprint density at radius 2 is 2.04 bits per heavy atom. The average molecular weight is 346 g/mol. The molecule has 0 fully saturated rings. The number of ether oxygens (including phenoxy) is 1. The van der Waals surface area contributed by atoms with E-state index in [1.807, 2.05) is 29.6 Å². The third kappa shape index (κ3) is 5.27. The number of hydrogen-bond donors (Lipinski definition) is 3. The molecule has 0 radical (unpaired) electrons. The molecule has 0 aliphatic carbocycles. The van der Waals surface area contributed by atoms with Gasteiger partial charge < -0.3 is 20.7 Å². The summed E-state index contributed by atoms with van der Waals surface area (Å²) in [5, 5.41) is 11.3. The number of methoxy groups -OCH3 is 1. The molecule has 1 aromatic heterocycles. The molecule has 7 heteroatoms. The SMILES string of the molecule is CN=C(NCc1ccc(OC)c(NC(C)=O)c1)NCc1cccs1. The van der Waals surface area contributed by atoms with Gasteiger partial charge in [0.25, 0.3) is 0 Å². The molecule has 1 heterocycles. The number of rotatable bonds is 6. The lowest BCUT2D eigenvalue weighted by Gasteiger charge is -2.14. The van der Waals surface area contributed by atoms with Gasteiger partial charge >= 0.3 is 0 Å². The molecule has 24 heavy (non-hydrogen) atoms. The molecule has 1 amide bonds. The van der Waals surface area contributed by atoms with Crippen LogP contribution in [0.4, 0.5) is 5.69 Å². The number of amides is 1. The largest absolute Gasteiger partial charge is 0.495 e. The van der Waals surface area contributed by atoms with Gasteiger partial charge in [0.05, 0.1) is 19.3 Å². The summed E-state index contributed by atoms with van der Waals surface area (Å²) in [6.07, 6.45) is 0. The molecule has 1 aromatic carbocycles. The zero-order chi connectivity index (χ0) is 17.4. The molecule has 128 valence electrons. The molecular weight excluding hydrogens is 324 g/mol. The van der Waals surface area contributed by atoms with Gasteiger partial charge in [0.2, 0.25) is 5.91 Å². The molecule has 0 bridgehead atoms. The first-order valence-electron chi connectivity index (χ1n) is 7.53. The van der Waals surface area contributed by atoms with E-state index in [0.29, 0.717) is 18.0 Å². The minimum atomic E-state index is -0.133. The molecule has 3 N–H and O–H groups in total. The Morgan fingerprint density at radius 3 is 2.67 bits per heavy atom. The van der Waals surface area contributed by atoms with E-state index in [1.54, 1.807) is 25.5 Å². The van der Waals surface area contributed by atoms with Crippen molar-refractivity contribution in [2.75, 3.05) is 19.5 Å². The molecule has 0 saturated carbocycles. The van der Waals surface area contributed by atoms with Crippen molar-refractivity contribution in [1.29, 1.82) is 0 Å². The van der Waals surface area contributed by atoms with Crippen LogP contribution in [0.3, 0.4) is 0 Å². The summed E-state index contributed by atoms with van der Waals surface area (Å²) >= 11 is 1.70. The lowest BCUT2D eigenvalue weighted by molar-refractivity contribution is -0.114. The number of nitrogens with one attached hydrogen (secondary N) is 3. The summed E-state index contributed by atoms with van der Waals surface area (Å²) < 4.78 is 5.26. The second-order valence-corrected chi connectivity index (χ2v) is 6.11. The predicted molar refractivity (Wildman–Crippen MR) is 98.7 cm³/mol. The van der Waals surface area contributed by atoms with Crippen molar-refractivity contribution in [1.82, 2.24) is 10.6 Å². The number of hydrogen-bond acceptors (Lipinski definition) is 4. The van der Waals surface area contributed by atoms with Crippen molar-refractivity contribution >= 4 is 28.9 Å². The van der Waals surface area contributed by atoms with Crippen LogP contribution in [-0.2, 0) is 17.9 Å². The fourth-order valence-corrected chi connectivity index (χ4v) is 2.79. The number of guanidine groups is 1. The van der Waals surface area contributed by atoms with E-state index in [-0.39, 0.29) is 5.91 Å². The number of benzene rings is 1. The van der Waals surface area contributed by atoms with Crippen molar-refractivity contribution < 1.29 is 9.53 Å². The van der Waals surface area contributed by atoms with Gasteiger partial charge in [-0.05, 0) is 29.1 Å². The molecule has 2 aromatic rings. The summed E-state index contributed by atoms with van der Waals surface area (Å²) in [4.78, 5) is 16.7. The first kappa shape index (κ1) is 17.8. The Bertz CT molecular complexity index is 699. The van der Waals surface area contributed by atoms with Crippen molar-refractivity contribution in [3.8, 4) is 5.75 Å². The monoisotopic (exact) mass is 346 g/mol. The van der Waals surface area contributed by atoms with Crippen LogP contribution in [0.2, 0.25) is 0 Å². The Labute approximate surface area is 146 Å². The highest BCUT2D eigenvalue weighted by atomic mass is 32.1. The fourth-order valence-electron chi connectivity index (χ4n) is 2.14. The highest BCUT2D eigenvalue weighted by molar-refractivity contribution is 7.09. The van der Waals surface area contributed by atoms with E-state index in [4.69, 9.17) is 4.74 Å². The van der Waals surface area contributed by atoms with Crippen LogP contribution >= 0.6 is 11.3 Å². The molecule has 0 atom stereocenters. The summed E-state index contributed by atoms with van der Waals surface area (Å²) in [7, 11) is 3.31. The maximum atomic E-state index is 11.3. The quantitative estimate of drug-likeness (QED) is 0.555. The number of nitrogens with zero attached hydrogens (tertiary/aromatic N) is 1. The van der Waals surface area contributed by atoms with E-state index in [2.05, 4.69) is 27.0 Å². The Hall–Kier alpha value is -2.54. The number of carbonyl (C=O) groups is 1. The van der Waals surface area contributed by atoms with Crippen molar-refractivity contribution in [3.05, 3.63) is 46.2 Å². The second-order valence-electron chi connectivity index (χ2n) is 5.07. The Morgan fingerprint density at radius 1 is 1.25 bits per heavy atom. The average Bonchev–Trinajstić information content (AvgIpc) is 3.08. The molecule has 0 unspecified atom stereocenters. The van der Waals surface area contributed by atoms with Gasteiger partial charge in [0, 0.05) is 25.4 Å². The molecular formula is C17H22N4O2S. The van der Waals surface area contributed by atoms with Crippen molar-refractivity contribution in [2.24, 2.45) is 4.99 Å². The molecule has 0 saturated heterocycles. The third-order valence-corrected chi connectivity index (χ3v) is 4.14. The molecule has 6 nitrogen and oxygen atoms in total. The summed E-state index contributed by atoms with van der Waals surface area (Å²) in [6, 6.07) is 9.78. The van der Waals surface area contributed by atoms with Crippen LogP contribution in [0.25, 0.3) is 0 Å². The van der Waals surface area contributed by atoms with Crippen molar-refractivity contribution in [3.63, 3.8) is 0 Å². The summed E-state index contributed by atoms with van der Waals surface area (Å²) in [5.74, 6) is 1.22. The maximum Gasteiger partial charge on any atom is 0.221 e. The zero-order valence-corrected chi connectivity index (χ0v) is 14.9. The fraction of sp³-hybridized carbons (Fsp3) is 0.294. The summed E-state index contributed by atoms with van der Waals surface area (Å²) in [5.41, 5.74) is 1.67. The first-order chi connectivity index (χ1) is 11.6. The van der Waals surface area contributed by atoms with E-state index >= 15 is 0 Å². The van der Waals surface area contributed by atoms with E-state index in [1.165, 1.54) is 11.8 Å². The number of aliphatic imine (C=N–C) groups is 1. The van der Waals surface area contributed by atoms with Gasteiger partial charge in [0.1, 0.15) is 5.75 Å². The summed E-state index contributed by atoms with van der Waals surface area (Å²) in [6.45, 7) is 2.79.